The van der Waals surface area contributed by atoms with Crippen LogP contribution in [0.1, 0.15) is 87.1 Å². The number of carbonyl (C=O) groups excluding carboxylic acids is 2. The number of aryl methyl sites for hydroxylation is 2. The number of nitrogens with zero attached hydrogens (tertiary/aromatic N) is 8. The van der Waals surface area contributed by atoms with Gasteiger partial charge in [0.15, 0.2) is 11.4 Å². The van der Waals surface area contributed by atoms with Crippen LogP contribution in [0.2, 0.25) is 0 Å². The summed E-state index contributed by atoms with van der Waals surface area (Å²) in [6.07, 6.45) is 5.39. The van der Waals surface area contributed by atoms with Crippen LogP contribution in [0.5, 0.6) is 23.3 Å². The largest absolute Gasteiger partial charge is 0.508 e. The zero-order valence-electron chi connectivity index (χ0n) is 40.5. The van der Waals surface area contributed by atoms with Gasteiger partial charge in [-0.2, -0.15) is 0 Å². The van der Waals surface area contributed by atoms with E-state index in [-0.39, 0.29) is 65.5 Å². The number of fused-ring (bicyclic) bond motifs is 6. The number of aromatic nitrogens is 6. The van der Waals surface area contributed by atoms with Gasteiger partial charge in [-0.3, -0.25) is 9.69 Å². The van der Waals surface area contributed by atoms with Crippen LogP contribution >= 0.6 is 0 Å². The third-order valence-electron chi connectivity index (χ3n) is 14.6. The maximum atomic E-state index is 13.7. The number of esters is 1. The molecule has 10 rings (SSSR count). The Morgan fingerprint density at radius 1 is 0.972 bits per heavy atom. The van der Waals surface area contributed by atoms with E-state index in [9.17, 15) is 34.8 Å². The lowest BCUT2D eigenvalue weighted by Gasteiger charge is -2.32. The molecule has 0 unspecified atom stereocenters. The van der Waals surface area contributed by atoms with E-state index >= 15 is 0 Å². The molecule has 0 aliphatic carbocycles. The fourth-order valence-corrected chi connectivity index (χ4v) is 10.4. The summed E-state index contributed by atoms with van der Waals surface area (Å²) in [5.41, 5.74) is 4.70. The topological polar surface area (TPSA) is 220 Å². The molecule has 1 saturated heterocycles. The lowest BCUT2D eigenvalue weighted by Crippen LogP contribution is -2.44. The molecule has 0 radical (unpaired) electrons. The Kier molecular flexibility index (Phi) is 12.6. The van der Waals surface area contributed by atoms with Crippen molar-refractivity contribution in [2.24, 2.45) is 5.92 Å². The number of phenolic OH excluding ortho intramolecular Hbond substituents is 2. The van der Waals surface area contributed by atoms with E-state index in [4.69, 9.17) is 19.2 Å². The highest BCUT2D eigenvalue weighted by Crippen LogP contribution is 2.42. The molecule has 0 bridgehead atoms. The van der Waals surface area contributed by atoms with Gasteiger partial charge in [0, 0.05) is 72.9 Å². The van der Waals surface area contributed by atoms with E-state index in [1.807, 2.05) is 45.0 Å². The molecule has 0 spiro atoms. The van der Waals surface area contributed by atoms with Crippen molar-refractivity contribution >= 4 is 33.9 Å². The number of likely N-dealkylation sites (tertiary alicyclic amines) is 1. The number of aliphatic hydroxyl groups is 1. The number of amides is 1. The zero-order chi connectivity index (χ0) is 49.9. The van der Waals surface area contributed by atoms with Crippen LogP contribution in [0.15, 0.2) is 71.7 Å². The number of pyridine rings is 2. The highest BCUT2D eigenvalue weighted by atomic mass is 16.6. The van der Waals surface area contributed by atoms with Gasteiger partial charge < -0.3 is 48.7 Å². The first-order valence-corrected chi connectivity index (χ1v) is 24.3. The standard InChI is InChI=1S/C53H58N8O10/c1-6-35-37-23-34(9-10-42(37)54-47-39(35)27-60-44(47)25-41-40(49(60)64)28-70-50(65)53(41,68)7-2)71-52(67)57(5)20-21-69-29-58-16-12-31(13-17-58)14-18-59-19-15-32-22-33(8-11-43(32)59)61-48(55-56-51(61)66)38-24-36(30(3)4)45(62)26-46(38)63/h8-11,15,19,22-26,30-31,62-63,68H,6-7,12-14,16-18,20-21,27-29H2,1-5H3,(H,56,66)/t53-/m0/s1. The Balaban J connectivity index is 0.697. The molecule has 7 aromatic rings. The van der Waals surface area contributed by atoms with Gasteiger partial charge in [0.25, 0.3) is 5.56 Å². The fraction of sp³-hybridized carbons (Fsp3) is 0.396. The normalized spacial score (nSPS) is 16.9. The summed E-state index contributed by atoms with van der Waals surface area (Å²) in [6.45, 7) is 11.5. The summed E-state index contributed by atoms with van der Waals surface area (Å²) in [4.78, 5) is 48.3. The first-order valence-electron chi connectivity index (χ1n) is 24.3. The second kappa shape index (κ2) is 18.8. The molecule has 18 heteroatoms. The summed E-state index contributed by atoms with van der Waals surface area (Å²) in [6, 6.07) is 17.6. The molecule has 71 heavy (non-hydrogen) atoms. The second-order valence-corrected chi connectivity index (χ2v) is 19.2. The Morgan fingerprint density at radius 2 is 1.77 bits per heavy atom. The van der Waals surface area contributed by atoms with Crippen molar-refractivity contribution in [3.8, 4) is 51.7 Å². The van der Waals surface area contributed by atoms with E-state index in [1.54, 1.807) is 42.8 Å². The average Bonchev–Trinajstić information content (AvgIpc) is 4.07. The van der Waals surface area contributed by atoms with Crippen molar-refractivity contribution in [2.75, 3.05) is 40.0 Å². The summed E-state index contributed by atoms with van der Waals surface area (Å²) < 4.78 is 22.4. The van der Waals surface area contributed by atoms with E-state index in [1.165, 1.54) is 15.5 Å². The third kappa shape index (κ3) is 8.52. The Morgan fingerprint density at radius 3 is 2.54 bits per heavy atom. The van der Waals surface area contributed by atoms with Gasteiger partial charge >= 0.3 is 18.1 Å². The number of ether oxygens (including phenoxy) is 3. The number of rotatable bonds is 14. The number of hydrogen-bond acceptors (Lipinski definition) is 14. The summed E-state index contributed by atoms with van der Waals surface area (Å²) in [5.74, 6) is 0.257. The third-order valence-corrected chi connectivity index (χ3v) is 14.6. The molecule has 18 nitrogen and oxygen atoms in total. The number of phenols is 2. The quantitative estimate of drug-likeness (QED) is 0.0621. The van der Waals surface area contributed by atoms with Crippen molar-refractivity contribution in [2.45, 2.75) is 91.0 Å². The van der Waals surface area contributed by atoms with Gasteiger partial charge in [0.2, 0.25) is 0 Å². The van der Waals surface area contributed by atoms with Crippen molar-refractivity contribution in [1.29, 1.82) is 0 Å². The number of benzene rings is 3. The van der Waals surface area contributed by atoms with E-state index < -0.39 is 17.7 Å². The molecule has 1 amide bonds. The Labute approximate surface area is 409 Å². The number of aromatic hydroxyl groups is 3. The van der Waals surface area contributed by atoms with Gasteiger partial charge in [-0.25, -0.2) is 19.1 Å². The van der Waals surface area contributed by atoms with E-state index in [2.05, 4.69) is 31.9 Å². The first kappa shape index (κ1) is 47.4. The summed E-state index contributed by atoms with van der Waals surface area (Å²) in [5, 5.41) is 53.0. The average molecular weight is 967 g/mol. The minimum absolute atomic E-state index is 0.00325. The minimum Gasteiger partial charge on any atom is -0.508 e. The fourth-order valence-electron chi connectivity index (χ4n) is 10.4. The number of carbonyl (C=O) groups is 2. The molecule has 3 aliphatic heterocycles. The van der Waals surface area contributed by atoms with Crippen molar-refractivity contribution in [1.82, 2.24) is 38.7 Å². The minimum atomic E-state index is -1.91. The molecular formula is C53H58N8O10. The predicted molar refractivity (Wildman–Crippen MR) is 264 cm³/mol. The van der Waals surface area contributed by atoms with E-state index in [0.29, 0.717) is 71.7 Å². The van der Waals surface area contributed by atoms with Gasteiger partial charge in [0.05, 0.1) is 53.6 Å². The zero-order valence-corrected chi connectivity index (χ0v) is 40.5. The maximum absolute atomic E-state index is 13.7. The lowest BCUT2D eigenvalue weighted by molar-refractivity contribution is -0.172. The Bertz CT molecular complexity index is 3300. The highest BCUT2D eigenvalue weighted by Gasteiger charge is 2.45. The number of likely N-dealkylation sites (N-methyl/N-ethyl adjacent to an activating group) is 1. The lowest BCUT2D eigenvalue weighted by atomic mass is 9.86. The van der Waals surface area contributed by atoms with Crippen LogP contribution < -0.4 is 10.3 Å². The molecular weight excluding hydrogens is 909 g/mol. The molecule has 1 atom stereocenters. The van der Waals surface area contributed by atoms with Crippen molar-refractivity contribution in [3.05, 3.63) is 105 Å². The smallest absolute Gasteiger partial charge is 0.415 e. The van der Waals surface area contributed by atoms with Gasteiger partial charge in [-0.1, -0.05) is 32.8 Å². The highest BCUT2D eigenvalue weighted by molar-refractivity contribution is 5.90. The molecule has 3 aliphatic rings. The van der Waals surface area contributed by atoms with Crippen LogP contribution in [-0.4, -0.2) is 111 Å². The molecule has 3 aromatic carbocycles. The van der Waals surface area contributed by atoms with Crippen LogP contribution in [0.25, 0.3) is 50.3 Å². The molecule has 4 aromatic heterocycles. The summed E-state index contributed by atoms with van der Waals surface area (Å²) in [7, 11) is 1.68. The van der Waals surface area contributed by atoms with Crippen LogP contribution in [0.3, 0.4) is 0 Å². The number of cyclic esters (lactones) is 1. The van der Waals surface area contributed by atoms with Crippen LogP contribution in [0.4, 0.5) is 4.79 Å². The SMILES string of the molecule is CCc1c2c(nc3ccc(OC(=O)N(C)CCOCN4CCC(CCn5ccc6cc(-n7c(O)nnc7-c7cc(C(C)C)c(O)cc7O)ccc65)CC4)cc13)-c1cc3c(c(=O)n1C2)COC(=O)[C@]3(O)CC. The second-order valence-electron chi connectivity index (χ2n) is 19.2. The Hall–Kier alpha value is -7.28. The first-order chi connectivity index (χ1) is 34.2. The summed E-state index contributed by atoms with van der Waals surface area (Å²) >= 11 is 0. The molecule has 0 saturated carbocycles. The number of hydrogen-bond donors (Lipinski definition) is 4. The monoisotopic (exact) mass is 966 g/mol. The molecule has 370 valence electrons. The number of piperidine rings is 1. The van der Waals surface area contributed by atoms with Gasteiger partial charge in [-0.05, 0) is 110 Å². The van der Waals surface area contributed by atoms with Gasteiger partial charge in [-0.15, -0.1) is 5.10 Å². The van der Waals surface area contributed by atoms with Crippen LogP contribution in [0, 0.1) is 5.92 Å². The van der Waals surface area contributed by atoms with E-state index in [0.717, 1.165) is 66.3 Å². The molecule has 1 fully saturated rings. The molecule has 4 N–H and O–H groups in total. The van der Waals surface area contributed by atoms with Crippen LogP contribution in [-0.2, 0) is 46.0 Å². The van der Waals surface area contributed by atoms with Gasteiger partial charge in [0.1, 0.15) is 23.9 Å². The van der Waals surface area contributed by atoms with Crippen molar-refractivity contribution < 1.29 is 44.2 Å². The maximum Gasteiger partial charge on any atom is 0.415 e. The predicted octanol–water partition coefficient (Wildman–Crippen LogP) is 7.29. The molecule has 7 heterocycles. The van der Waals surface area contributed by atoms with Crippen molar-refractivity contribution in [3.63, 3.8) is 0 Å².